The molecule has 0 amide bonds. The number of likely N-dealkylation sites (tertiary alicyclic amines) is 1. The fourth-order valence-electron chi connectivity index (χ4n) is 2.41. The van der Waals surface area contributed by atoms with Gasteiger partial charge in [-0.2, -0.15) is 0 Å². The number of thioether (sulfide) groups is 1. The smallest absolute Gasteiger partial charge is 0.162 e. The first-order valence-electron chi connectivity index (χ1n) is 6.21. The topological polar surface area (TPSA) is 65.3 Å². The van der Waals surface area contributed by atoms with Gasteiger partial charge in [0.2, 0.25) is 0 Å². The van der Waals surface area contributed by atoms with Crippen molar-refractivity contribution in [3.63, 3.8) is 0 Å². The Kier molecular flexibility index (Phi) is 3.06. The summed E-state index contributed by atoms with van der Waals surface area (Å²) in [7, 11) is 0. The largest absolute Gasteiger partial charge is 0.388 e. The Morgan fingerprint density at radius 3 is 2.76 bits per heavy atom. The van der Waals surface area contributed by atoms with E-state index in [1.807, 2.05) is 6.92 Å². The molecule has 2 saturated heterocycles. The average Bonchev–Trinajstić information content (AvgIpc) is 2.64. The maximum Gasteiger partial charge on any atom is 0.162 e. The summed E-state index contributed by atoms with van der Waals surface area (Å²) in [6.07, 6.45) is 0.0237. The Morgan fingerprint density at radius 1 is 1.41 bits per heavy atom. The van der Waals surface area contributed by atoms with E-state index in [0.29, 0.717) is 6.42 Å². The standard InChI is InChI=1S/C11H18N2O3S/c1-2-6-8(14)9(15)7-10(16-6)17-11(12-7)13-4-3-5-13/h6-10,14-15H,2-5H2,1H3. The zero-order valence-electron chi connectivity index (χ0n) is 9.82. The van der Waals surface area contributed by atoms with E-state index in [0.717, 1.165) is 18.3 Å². The van der Waals surface area contributed by atoms with Gasteiger partial charge < -0.3 is 19.8 Å². The highest BCUT2D eigenvalue weighted by Crippen LogP contribution is 2.38. The molecular formula is C11H18N2O3S. The van der Waals surface area contributed by atoms with Crippen molar-refractivity contribution in [3.8, 4) is 0 Å². The molecule has 17 heavy (non-hydrogen) atoms. The zero-order chi connectivity index (χ0) is 12.0. The normalized spacial score (nSPS) is 45.2. The van der Waals surface area contributed by atoms with E-state index < -0.39 is 12.2 Å². The van der Waals surface area contributed by atoms with E-state index in [9.17, 15) is 10.2 Å². The fraction of sp³-hybridized carbons (Fsp3) is 0.909. The van der Waals surface area contributed by atoms with Crippen LogP contribution in [0.2, 0.25) is 0 Å². The van der Waals surface area contributed by atoms with Crippen LogP contribution in [0.15, 0.2) is 4.99 Å². The van der Waals surface area contributed by atoms with E-state index in [2.05, 4.69) is 9.89 Å². The van der Waals surface area contributed by atoms with Crippen LogP contribution in [-0.2, 0) is 4.74 Å². The quantitative estimate of drug-likeness (QED) is 0.694. The molecule has 0 radical (unpaired) electrons. The minimum atomic E-state index is -0.818. The third-order valence-electron chi connectivity index (χ3n) is 3.68. The number of nitrogens with zero attached hydrogens (tertiary/aromatic N) is 2. The summed E-state index contributed by atoms with van der Waals surface area (Å²) in [4.78, 5) is 6.70. The summed E-state index contributed by atoms with van der Waals surface area (Å²) in [5.74, 6) is 0. The van der Waals surface area contributed by atoms with Gasteiger partial charge in [0, 0.05) is 13.1 Å². The molecule has 3 rings (SSSR count). The number of hydrogen-bond acceptors (Lipinski definition) is 6. The first-order valence-corrected chi connectivity index (χ1v) is 7.09. The highest BCUT2D eigenvalue weighted by atomic mass is 32.2. The van der Waals surface area contributed by atoms with Crippen molar-refractivity contribution in [2.24, 2.45) is 4.99 Å². The van der Waals surface area contributed by atoms with Crippen LogP contribution in [0.25, 0.3) is 0 Å². The Morgan fingerprint density at radius 2 is 2.18 bits per heavy atom. The molecule has 0 bridgehead atoms. The highest BCUT2D eigenvalue weighted by molar-refractivity contribution is 8.14. The lowest BCUT2D eigenvalue weighted by Gasteiger charge is -2.37. The van der Waals surface area contributed by atoms with Crippen molar-refractivity contribution < 1.29 is 14.9 Å². The molecule has 3 aliphatic heterocycles. The van der Waals surface area contributed by atoms with Crippen molar-refractivity contribution >= 4 is 16.9 Å². The SMILES string of the molecule is CCC1OC2SC(N3CCC3)=NC2C(O)C1O. The summed E-state index contributed by atoms with van der Waals surface area (Å²) in [5.41, 5.74) is -0.131. The van der Waals surface area contributed by atoms with Gasteiger partial charge in [0.05, 0.1) is 6.10 Å². The molecule has 0 saturated carbocycles. The number of hydrogen-bond donors (Lipinski definition) is 2. The van der Waals surface area contributed by atoms with Gasteiger partial charge in [-0.3, -0.25) is 4.99 Å². The first-order chi connectivity index (χ1) is 8.20. The summed E-state index contributed by atoms with van der Waals surface area (Å²) in [6.45, 7) is 4.04. The molecule has 0 aliphatic carbocycles. The summed E-state index contributed by atoms with van der Waals surface area (Å²) in [5, 5.41) is 21.0. The highest BCUT2D eigenvalue weighted by Gasteiger charge is 2.48. The third kappa shape index (κ3) is 1.87. The molecule has 6 heteroatoms. The number of ether oxygens (including phenoxy) is 1. The van der Waals surface area contributed by atoms with Gasteiger partial charge in [-0.1, -0.05) is 18.7 Å². The lowest BCUT2D eigenvalue weighted by Crippen LogP contribution is -2.54. The molecule has 5 nitrogen and oxygen atoms in total. The van der Waals surface area contributed by atoms with E-state index >= 15 is 0 Å². The lowest BCUT2D eigenvalue weighted by atomic mass is 9.97. The minimum absolute atomic E-state index is 0.131. The van der Waals surface area contributed by atoms with Crippen LogP contribution in [0, 0.1) is 0 Å². The number of aliphatic hydroxyl groups excluding tert-OH is 2. The molecule has 0 spiro atoms. The Hall–Kier alpha value is -0.300. The Labute approximate surface area is 105 Å². The Bertz CT molecular complexity index is 335. The van der Waals surface area contributed by atoms with Crippen LogP contribution in [0.3, 0.4) is 0 Å². The lowest BCUT2D eigenvalue weighted by molar-refractivity contribution is -0.153. The van der Waals surface area contributed by atoms with Crippen LogP contribution in [-0.4, -0.2) is 63.2 Å². The molecule has 2 fully saturated rings. The van der Waals surface area contributed by atoms with E-state index in [-0.39, 0.29) is 17.6 Å². The minimum Gasteiger partial charge on any atom is -0.388 e. The monoisotopic (exact) mass is 258 g/mol. The number of aliphatic imine (C=N–C) groups is 1. The van der Waals surface area contributed by atoms with E-state index in [1.54, 1.807) is 11.8 Å². The summed E-state index contributed by atoms with van der Waals surface area (Å²) >= 11 is 1.59. The third-order valence-corrected chi connectivity index (χ3v) is 4.88. The second-order valence-electron chi connectivity index (χ2n) is 4.79. The van der Waals surface area contributed by atoms with Gasteiger partial charge in [-0.05, 0) is 12.8 Å². The maximum absolute atomic E-state index is 10.1. The van der Waals surface area contributed by atoms with Gasteiger partial charge in [0.25, 0.3) is 0 Å². The fourth-order valence-corrected chi connectivity index (χ4v) is 3.70. The summed E-state index contributed by atoms with van der Waals surface area (Å²) < 4.78 is 5.80. The van der Waals surface area contributed by atoms with Gasteiger partial charge >= 0.3 is 0 Å². The summed E-state index contributed by atoms with van der Waals surface area (Å²) in [6, 6.07) is -0.312. The zero-order valence-corrected chi connectivity index (χ0v) is 10.6. The van der Waals surface area contributed by atoms with Crippen molar-refractivity contribution in [1.82, 2.24) is 4.90 Å². The van der Waals surface area contributed by atoms with Crippen LogP contribution >= 0.6 is 11.8 Å². The van der Waals surface area contributed by atoms with Crippen LogP contribution in [0.4, 0.5) is 0 Å². The molecular weight excluding hydrogens is 240 g/mol. The second kappa shape index (κ2) is 4.42. The number of fused-ring (bicyclic) bond motifs is 1. The molecule has 0 aromatic heterocycles. The van der Waals surface area contributed by atoms with Gasteiger partial charge in [0.15, 0.2) is 5.17 Å². The van der Waals surface area contributed by atoms with Crippen molar-refractivity contribution in [3.05, 3.63) is 0 Å². The molecule has 5 unspecified atom stereocenters. The van der Waals surface area contributed by atoms with Crippen LogP contribution in [0.1, 0.15) is 19.8 Å². The molecule has 3 heterocycles. The number of rotatable bonds is 1. The molecule has 2 N–H and O–H groups in total. The van der Waals surface area contributed by atoms with Crippen molar-refractivity contribution in [1.29, 1.82) is 0 Å². The van der Waals surface area contributed by atoms with Crippen LogP contribution in [0.5, 0.6) is 0 Å². The van der Waals surface area contributed by atoms with Crippen molar-refractivity contribution in [2.45, 2.75) is 49.6 Å². The molecule has 5 atom stereocenters. The number of amidine groups is 1. The number of aliphatic hydroxyl groups is 2. The predicted octanol–water partition coefficient (Wildman–Crippen LogP) is 0.0202. The predicted molar refractivity (Wildman–Crippen MR) is 66.0 cm³/mol. The van der Waals surface area contributed by atoms with Crippen molar-refractivity contribution in [2.75, 3.05) is 13.1 Å². The van der Waals surface area contributed by atoms with Crippen LogP contribution < -0.4 is 0 Å². The van der Waals surface area contributed by atoms with E-state index in [1.165, 1.54) is 6.42 Å². The molecule has 96 valence electrons. The van der Waals surface area contributed by atoms with E-state index in [4.69, 9.17) is 4.74 Å². The molecule has 0 aromatic carbocycles. The average molecular weight is 258 g/mol. The van der Waals surface area contributed by atoms with Gasteiger partial charge in [-0.25, -0.2) is 0 Å². The first kappa shape index (κ1) is 11.8. The van der Waals surface area contributed by atoms with Gasteiger partial charge in [-0.15, -0.1) is 0 Å². The molecule has 3 aliphatic rings. The second-order valence-corrected chi connectivity index (χ2v) is 5.86. The maximum atomic E-state index is 10.1. The Balaban J connectivity index is 1.74. The van der Waals surface area contributed by atoms with Gasteiger partial charge in [0.1, 0.15) is 23.7 Å². The molecule has 0 aromatic rings.